The van der Waals surface area contributed by atoms with Gasteiger partial charge in [0.05, 0.1) is 5.25 Å². The lowest BCUT2D eigenvalue weighted by atomic mass is 10.1. The van der Waals surface area contributed by atoms with E-state index in [2.05, 4.69) is 14.8 Å². The van der Waals surface area contributed by atoms with Crippen LogP contribution in [0.25, 0.3) is 5.69 Å². The lowest BCUT2D eigenvalue weighted by Crippen LogP contribution is -2.19. The molecule has 27 heavy (non-hydrogen) atoms. The standard InChI is InChI=1S/C20H24N4O2S/c1-5-11-23-19(26)21-22-20(23)27-15(4)18(25)17-12-13(2)24(14(17)3)16-9-7-6-8-10-16/h6-10,12,15H,5,11H2,1-4H3,(H,21,26). The summed E-state index contributed by atoms with van der Waals surface area (Å²) in [7, 11) is 0. The molecule has 3 aromatic rings. The number of nitrogens with one attached hydrogen (secondary N) is 1. The molecule has 1 aromatic carbocycles. The molecular formula is C20H24N4O2S. The van der Waals surface area contributed by atoms with Gasteiger partial charge in [0, 0.05) is 29.2 Å². The average molecular weight is 385 g/mol. The maximum atomic E-state index is 13.1. The van der Waals surface area contributed by atoms with Crippen molar-refractivity contribution in [2.75, 3.05) is 0 Å². The van der Waals surface area contributed by atoms with Gasteiger partial charge in [0.2, 0.25) is 0 Å². The first-order chi connectivity index (χ1) is 12.9. The summed E-state index contributed by atoms with van der Waals surface area (Å²) in [6.45, 7) is 8.41. The zero-order valence-corrected chi connectivity index (χ0v) is 16.8. The molecule has 0 radical (unpaired) electrons. The van der Waals surface area contributed by atoms with E-state index in [0.29, 0.717) is 17.3 Å². The van der Waals surface area contributed by atoms with Crippen LogP contribution in [-0.4, -0.2) is 30.4 Å². The topological polar surface area (TPSA) is 72.7 Å². The number of carbonyl (C=O) groups excluding carboxylic acids is 1. The minimum atomic E-state index is -0.347. The fraction of sp³-hybridized carbons (Fsp3) is 0.350. The number of aryl methyl sites for hydroxylation is 1. The van der Waals surface area contributed by atoms with Gasteiger partial charge in [-0.1, -0.05) is 36.9 Å². The summed E-state index contributed by atoms with van der Waals surface area (Å²) in [6.07, 6.45) is 0.827. The van der Waals surface area contributed by atoms with Crippen LogP contribution in [0.5, 0.6) is 0 Å². The van der Waals surface area contributed by atoms with Crippen molar-refractivity contribution in [2.24, 2.45) is 0 Å². The second-order valence-electron chi connectivity index (χ2n) is 6.54. The fourth-order valence-electron chi connectivity index (χ4n) is 3.23. The molecule has 3 rings (SSSR count). The Bertz CT molecular complexity index is 1000. The Morgan fingerprint density at radius 2 is 1.96 bits per heavy atom. The predicted molar refractivity (Wildman–Crippen MR) is 108 cm³/mol. The highest BCUT2D eigenvalue weighted by Crippen LogP contribution is 2.27. The van der Waals surface area contributed by atoms with Gasteiger partial charge in [-0.05, 0) is 45.4 Å². The van der Waals surface area contributed by atoms with Crippen molar-refractivity contribution >= 4 is 17.5 Å². The number of H-pyrrole nitrogens is 1. The van der Waals surface area contributed by atoms with Crippen molar-refractivity contribution in [3.8, 4) is 5.69 Å². The van der Waals surface area contributed by atoms with Crippen LogP contribution in [0.3, 0.4) is 0 Å². The molecule has 0 aliphatic rings. The molecule has 0 fully saturated rings. The first-order valence-electron chi connectivity index (χ1n) is 9.04. The molecule has 0 saturated carbocycles. The molecule has 0 bridgehead atoms. The fourth-order valence-corrected chi connectivity index (χ4v) is 4.18. The summed E-state index contributed by atoms with van der Waals surface area (Å²) in [5.74, 6) is 0.0359. The SMILES string of the molecule is CCCn1c(SC(C)C(=O)c2cc(C)n(-c3ccccc3)c2C)n[nH]c1=O. The second-order valence-corrected chi connectivity index (χ2v) is 7.85. The van der Waals surface area contributed by atoms with Gasteiger partial charge < -0.3 is 4.57 Å². The zero-order valence-electron chi connectivity index (χ0n) is 16.0. The summed E-state index contributed by atoms with van der Waals surface area (Å²) in [4.78, 5) is 24.9. The van der Waals surface area contributed by atoms with Crippen LogP contribution < -0.4 is 5.69 Å². The van der Waals surface area contributed by atoms with Crippen molar-refractivity contribution < 1.29 is 4.79 Å². The maximum absolute atomic E-state index is 13.1. The predicted octanol–water partition coefficient (Wildman–Crippen LogP) is 3.75. The van der Waals surface area contributed by atoms with E-state index in [-0.39, 0.29) is 16.7 Å². The quantitative estimate of drug-likeness (QED) is 0.497. The largest absolute Gasteiger partial charge is 0.343 e. The van der Waals surface area contributed by atoms with E-state index in [0.717, 1.165) is 23.5 Å². The summed E-state index contributed by atoms with van der Waals surface area (Å²) in [6, 6.07) is 11.9. The highest BCUT2D eigenvalue weighted by molar-refractivity contribution is 8.00. The van der Waals surface area contributed by atoms with Gasteiger partial charge in [0.1, 0.15) is 0 Å². The molecule has 6 nitrogen and oxygen atoms in total. The number of thioether (sulfide) groups is 1. The lowest BCUT2D eigenvalue weighted by Gasteiger charge is -2.12. The lowest BCUT2D eigenvalue weighted by molar-refractivity contribution is 0.0993. The molecule has 2 aromatic heterocycles. The molecule has 0 aliphatic carbocycles. The normalized spacial score (nSPS) is 12.3. The second kappa shape index (κ2) is 8.00. The van der Waals surface area contributed by atoms with E-state index in [9.17, 15) is 9.59 Å². The van der Waals surface area contributed by atoms with E-state index < -0.39 is 0 Å². The molecule has 2 heterocycles. The number of aromatic nitrogens is 4. The number of benzene rings is 1. The molecule has 1 N–H and O–H groups in total. The summed E-state index contributed by atoms with van der Waals surface area (Å²) < 4.78 is 3.67. The number of para-hydroxylation sites is 1. The molecule has 0 saturated heterocycles. The number of ketones is 1. The van der Waals surface area contributed by atoms with E-state index in [4.69, 9.17) is 0 Å². The molecule has 0 spiro atoms. The van der Waals surface area contributed by atoms with Crippen LogP contribution in [0.1, 0.15) is 42.0 Å². The smallest absolute Gasteiger partial charge is 0.318 e. The van der Waals surface area contributed by atoms with E-state index in [1.807, 2.05) is 64.1 Å². The molecular weight excluding hydrogens is 360 g/mol. The molecule has 0 aliphatic heterocycles. The maximum Gasteiger partial charge on any atom is 0.343 e. The number of carbonyl (C=O) groups is 1. The third-order valence-electron chi connectivity index (χ3n) is 4.53. The Balaban J connectivity index is 1.87. The third kappa shape index (κ3) is 3.78. The summed E-state index contributed by atoms with van der Waals surface area (Å²) >= 11 is 1.32. The van der Waals surface area contributed by atoms with Crippen LogP contribution >= 0.6 is 11.8 Å². The molecule has 1 unspecified atom stereocenters. The monoisotopic (exact) mass is 384 g/mol. The Hall–Kier alpha value is -2.54. The number of aromatic amines is 1. The summed E-state index contributed by atoms with van der Waals surface area (Å²) in [5, 5.41) is 6.76. The van der Waals surface area contributed by atoms with Crippen LogP contribution in [0.2, 0.25) is 0 Å². The van der Waals surface area contributed by atoms with Gasteiger partial charge in [-0.25, -0.2) is 9.89 Å². The van der Waals surface area contributed by atoms with Crippen molar-refractivity contribution in [1.82, 2.24) is 19.3 Å². The van der Waals surface area contributed by atoms with Crippen LogP contribution in [0.4, 0.5) is 0 Å². The minimum Gasteiger partial charge on any atom is -0.318 e. The van der Waals surface area contributed by atoms with Gasteiger partial charge in [0.25, 0.3) is 0 Å². The Morgan fingerprint density at radius 3 is 2.63 bits per heavy atom. The molecule has 1 atom stereocenters. The number of rotatable bonds is 7. The van der Waals surface area contributed by atoms with Crippen molar-refractivity contribution in [3.63, 3.8) is 0 Å². The van der Waals surface area contributed by atoms with E-state index in [1.165, 1.54) is 11.8 Å². The average Bonchev–Trinajstić information content (AvgIpc) is 3.15. The van der Waals surface area contributed by atoms with Crippen LogP contribution in [0.15, 0.2) is 46.3 Å². The summed E-state index contributed by atoms with van der Waals surface area (Å²) in [5.41, 5.74) is 3.44. The highest BCUT2D eigenvalue weighted by Gasteiger charge is 2.24. The van der Waals surface area contributed by atoms with Crippen molar-refractivity contribution in [1.29, 1.82) is 0 Å². The van der Waals surface area contributed by atoms with Gasteiger partial charge in [0.15, 0.2) is 10.9 Å². The Morgan fingerprint density at radius 1 is 1.26 bits per heavy atom. The van der Waals surface area contributed by atoms with Gasteiger partial charge in [-0.2, -0.15) is 0 Å². The first-order valence-corrected chi connectivity index (χ1v) is 9.92. The minimum absolute atomic E-state index is 0.0359. The van der Waals surface area contributed by atoms with Crippen LogP contribution in [-0.2, 0) is 6.54 Å². The first kappa shape index (κ1) is 19.2. The van der Waals surface area contributed by atoms with Gasteiger partial charge in [-0.3, -0.25) is 9.36 Å². The third-order valence-corrected chi connectivity index (χ3v) is 5.62. The Kier molecular flexibility index (Phi) is 5.70. The van der Waals surface area contributed by atoms with E-state index in [1.54, 1.807) is 4.57 Å². The molecule has 0 amide bonds. The van der Waals surface area contributed by atoms with Crippen LogP contribution in [0, 0.1) is 13.8 Å². The Labute approximate surface area is 162 Å². The van der Waals surface area contributed by atoms with Crippen molar-refractivity contribution in [2.45, 2.75) is 51.1 Å². The number of hydrogen-bond acceptors (Lipinski definition) is 4. The van der Waals surface area contributed by atoms with Gasteiger partial charge in [-0.15, -0.1) is 5.10 Å². The van der Waals surface area contributed by atoms with E-state index >= 15 is 0 Å². The number of hydrogen-bond donors (Lipinski definition) is 1. The molecule has 142 valence electrons. The number of Topliss-reactive ketones (excluding diaryl/α,β-unsaturated/α-hetero) is 1. The molecule has 7 heteroatoms. The van der Waals surface area contributed by atoms with Crippen molar-refractivity contribution in [3.05, 3.63) is 63.8 Å². The number of nitrogens with zero attached hydrogens (tertiary/aromatic N) is 3. The highest BCUT2D eigenvalue weighted by atomic mass is 32.2. The zero-order chi connectivity index (χ0) is 19.6. The van der Waals surface area contributed by atoms with Gasteiger partial charge >= 0.3 is 5.69 Å².